The van der Waals surface area contributed by atoms with Crippen LogP contribution in [0, 0.1) is 17.8 Å². The summed E-state index contributed by atoms with van der Waals surface area (Å²) in [5.74, 6) is -0.756. The first-order valence-corrected chi connectivity index (χ1v) is 7.27. The predicted octanol–water partition coefficient (Wildman–Crippen LogP) is 3.24. The van der Waals surface area contributed by atoms with Gasteiger partial charge in [-0.15, -0.1) is 0 Å². The Kier molecular flexibility index (Phi) is 3.41. The Morgan fingerprint density at radius 3 is 2.82 bits per heavy atom. The fraction of sp³-hybridized carbons (Fsp3) is 0.500. The van der Waals surface area contributed by atoms with Crippen molar-refractivity contribution in [3.63, 3.8) is 0 Å². The molecule has 1 amide bonds. The van der Waals surface area contributed by atoms with Crippen molar-refractivity contribution in [3.8, 4) is 0 Å². The molecule has 0 aliphatic carbocycles. The van der Waals surface area contributed by atoms with E-state index in [4.69, 9.17) is 6.57 Å². The van der Waals surface area contributed by atoms with Gasteiger partial charge in [-0.05, 0) is 38.0 Å². The van der Waals surface area contributed by atoms with Crippen molar-refractivity contribution in [1.82, 2.24) is 10.0 Å². The molecule has 2 heterocycles. The van der Waals surface area contributed by atoms with Crippen LogP contribution < -0.4 is 0 Å². The number of alkyl halides is 1. The molecule has 4 nitrogen and oxygen atoms in total. The summed E-state index contributed by atoms with van der Waals surface area (Å²) in [6.45, 7) is 11.0. The average molecular weight is 305 g/mol. The smallest absolute Gasteiger partial charge is 0.247 e. The highest BCUT2D eigenvalue weighted by atomic mass is 19.1. The third kappa shape index (κ3) is 2.08. The largest absolute Gasteiger partial charge is 0.273 e. The molecule has 116 valence electrons. The average Bonchev–Trinajstić information content (AvgIpc) is 2.98. The maximum atomic E-state index is 13.9. The monoisotopic (exact) mass is 305 g/mol. The Bertz CT molecular complexity index is 670. The van der Waals surface area contributed by atoms with Gasteiger partial charge in [-0.2, -0.15) is 0 Å². The Balaban J connectivity index is 1.97. The second-order valence-electron chi connectivity index (χ2n) is 6.23. The van der Waals surface area contributed by atoms with Crippen molar-refractivity contribution < 1.29 is 13.6 Å². The molecular weight excluding hydrogens is 288 g/mol. The molecule has 22 heavy (non-hydrogen) atoms. The summed E-state index contributed by atoms with van der Waals surface area (Å²) >= 11 is 0. The van der Waals surface area contributed by atoms with Crippen LogP contribution in [0.3, 0.4) is 0 Å². The Labute approximate surface area is 128 Å². The second-order valence-corrected chi connectivity index (χ2v) is 6.23. The van der Waals surface area contributed by atoms with Crippen molar-refractivity contribution in [2.75, 3.05) is 13.1 Å². The fourth-order valence-corrected chi connectivity index (χ4v) is 3.29. The Hall–Kier alpha value is -2.00. The van der Waals surface area contributed by atoms with E-state index in [1.807, 2.05) is 5.01 Å². The van der Waals surface area contributed by atoms with E-state index in [2.05, 4.69) is 4.85 Å². The summed E-state index contributed by atoms with van der Waals surface area (Å²) in [6, 6.07) is 3.80. The van der Waals surface area contributed by atoms with E-state index in [1.54, 1.807) is 18.0 Å². The van der Waals surface area contributed by atoms with Gasteiger partial charge < -0.3 is 0 Å². The summed E-state index contributed by atoms with van der Waals surface area (Å²) in [6.07, 6.45) is -0.596. The molecule has 2 fully saturated rings. The number of hydrogen-bond acceptors (Lipinski definition) is 2. The third-order valence-electron chi connectivity index (χ3n) is 4.76. The molecule has 1 aromatic carbocycles. The van der Waals surface area contributed by atoms with Gasteiger partial charge in [0, 0.05) is 13.1 Å². The van der Waals surface area contributed by atoms with Crippen LogP contribution in [0.5, 0.6) is 0 Å². The first-order valence-electron chi connectivity index (χ1n) is 7.27. The van der Waals surface area contributed by atoms with E-state index in [0.29, 0.717) is 25.1 Å². The number of amides is 1. The van der Waals surface area contributed by atoms with Crippen LogP contribution >= 0.6 is 0 Å². The number of hydrazine groups is 1. The van der Waals surface area contributed by atoms with E-state index >= 15 is 0 Å². The van der Waals surface area contributed by atoms with Crippen molar-refractivity contribution in [3.05, 3.63) is 41.0 Å². The molecular formula is C16H17F2N3O. The molecule has 0 saturated carbocycles. The maximum Gasteiger partial charge on any atom is 0.247 e. The number of halogens is 2. The molecule has 6 heteroatoms. The van der Waals surface area contributed by atoms with Gasteiger partial charge in [-0.25, -0.2) is 18.6 Å². The van der Waals surface area contributed by atoms with Crippen LogP contribution in [0.25, 0.3) is 4.85 Å². The van der Waals surface area contributed by atoms with Gasteiger partial charge in [0.2, 0.25) is 5.91 Å². The molecule has 2 aliphatic heterocycles. The van der Waals surface area contributed by atoms with E-state index < -0.39 is 17.4 Å². The standard InChI is InChI=1S/C16H17F2N3O/c1-10(17)16(2)9-20-5-4-14(21(20)15(16)22)11-6-12(18)8-13(7-11)19-3/h6-8,10,14H,4-5,9H2,1-2H3/t10?,14-,16+/m0/s1. The highest BCUT2D eigenvalue weighted by Gasteiger charge is 2.55. The Morgan fingerprint density at radius 2 is 2.18 bits per heavy atom. The number of hydrogen-bond donors (Lipinski definition) is 0. The van der Waals surface area contributed by atoms with Gasteiger partial charge >= 0.3 is 0 Å². The van der Waals surface area contributed by atoms with Gasteiger partial charge in [-0.3, -0.25) is 9.80 Å². The highest BCUT2D eigenvalue weighted by Crippen LogP contribution is 2.45. The van der Waals surface area contributed by atoms with Crippen LogP contribution in [-0.4, -0.2) is 35.2 Å². The summed E-state index contributed by atoms with van der Waals surface area (Å²) in [4.78, 5) is 15.9. The molecule has 0 aromatic heterocycles. The van der Waals surface area contributed by atoms with Crippen LogP contribution in [0.4, 0.5) is 14.5 Å². The van der Waals surface area contributed by atoms with Crippen LogP contribution in [0.2, 0.25) is 0 Å². The number of nitrogens with zero attached hydrogens (tertiary/aromatic N) is 3. The number of fused-ring (bicyclic) bond motifs is 1. The highest BCUT2D eigenvalue weighted by molar-refractivity contribution is 5.85. The lowest BCUT2D eigenvalue weighted by Crippen LogP contribution is -2.39. The molecule has 1 unspecified atom stereocenters. The molecule has 3 atom stereocenters. The molecule has 2 aliphatic rings. The van der Waals surface area contributed by atoms with Gasteiger partial charge in [-0.1, -0.05) is 6.07 Å². The summed E-state index contributed by atoms with van der Waals surface area (Å²) in [5, 5.41) is 3.39. The maximum absolute atomic E-state index is 13.9. The molecule has 0 N–H and O–H groups in total. The zero-order valence-electron chi connectivity index (χ0n) is 12.5. The third-order valence-corrected chi connectivity index (χ3v) is 4.76. The minimum Gasteiger partial charge on any atom is -0.273 e. The van der Waals surface area contributed by atoms with Gasteiger partial charge in [0.05, 0.1) is 18.0 Å². The quantitative estimate of drug-likeness (QED) is 0.785. The zero-order chi connectivity index (χ0) is 16.1. The lowest BCUT2D eigenvalue weighted by molar-refractivity contribution is -0.144. The first kappa shape index (κ1) is 14.9. The van der Waals surface area contributed by atoms with Crippen LogP contribution in [0.1, 0.15) is 31.9 Å². The van der Waals surface area contributed by atoms with Gasteiger partial charge in [0.15, 0.2) is 5.69 Å². The summed E-state index contributed by atoms with van der Waals surface area (Å²) in [5.41, 5.74) is -0.256. The van der Waals surface area contributed by atoms with E-state index in [-0.39, 0.29) is 17.6 Å². The number of rotatable bonds is 2. The normalized spacial score (nSPS) is 29.5. The topological polar surface area (TPSA) is 27.9 Å². The van der Waals surface area contributed by atoms with Crippen molar-refractivity contribution in [2.24, 2.45) is 5.41 Å². The lowest BCUT2D eigenvalue weighted by Gasteiger charge is -2.27. The number of benzene rings is 1. The minimum absolute atomic E-state index is 0.210. The van der Waals surface area contributed by atoms with Crippen molar-refractivity contribution in [2.45, 2.75) is 32.5 Å². The van der Waals surface area contributed by atoms with E-state index in [1.165, 1.54) is 19.1 Å². The van der Waals surface area contributed by atoms with Gasteiger partial charge in [0.1, 0.15) is 12.0 Å². The lowest BCUT2D eigenvalue weighted by atomic mass is 9.85. The SMILES string of the molecule is [C-]#[N+]c1cc(F)cc([C@@H]2CCN3C[C@](C)(C(C)F)C(=O)N23)c1. The predicted molar refractivity (Wildman–Crippen MR) is 77.1 cm³/mol. The van der Waals surface area contributed by atoms with E-state index in [0.717, 1.165) is 0 Å². The van der Waals surface area contributed by atoms with E-state index in [9.17, 15) is 13.6 Å². The number of carbonyl (C=O) groups is 1. The van der Waals surface area contributed by atoms with Gasteiger partial charge in [0.25, 0.3) is 0 Å². The Morgan fingerprint density at radius 1 is 1.45 bits per heavy atom. The number of carbonyl (C=O) groups excluding carboxylic acids is 1. The molecule has 0 bridgehead atoms. The fourth-order valence-electron chi connectivity index (χ4n) is 3.29. The summed E-state index contributed by atoms with van der Waals surface area (Å²) in [7, 11) is 0. The van der Waals surface area contributed by atoms with Crippen molar-refractivity contribution >= 4 is 11.6 Å². The second kappa shape index (κ2) is 5.03. The molecule has 1 aromatic rings. The van der Waals surface area contributed by atoms with Crippen LogP contribution in [0.15, 0.2) is 18.2 Å². The first-order chi connectivity index (χ1) is 10.4. The van der Waals surface area contributed by atoms with Crippen molar-refractivity contribution in [1.29, 1.82) is 0 Å². The minimum atomic E-state index is -1.25. The molecule has 3 rings (SSSR count). The summed E-state index contributed by atoms with van der Waals surface area (Å²) < 4.78 is 27.6. The van der Waals surface area contributed by atoms with Crippen LogP contribution in [-0.2, 0) is 4.79 Å². The molecule has 0 radical (unpaired) electrons. The molecule has 0 spiro atoms. The molecule has 2 saturated heterocycles. The zero-order valence-corrected chi connectivity index (χ0v) is 12.5.